The number of carbonyl (C=O) groups is 3. The molecule has 0 radical (unpaired) electrons. The number of aliphatic carboxylic acids is 1. The average molecular weight is 265 g/mol. The van der Waals surface area contributed by atoms with Crippen molar-refractivity contribution in [2.75, 3.05) is 0 Å². The molecule has 0 fully saturated rings. The van der Waals surface area contributed by atoms with Crippen molar-refractivity contribution < 1.29 is 24.2 Å². The van der Waals surface area contributed by atoms with Gasteiger partial charge in [-0.05, 0) is 12.5 Å². The summed E-state index contributed by atoms with van der Waals surface area (Å²) in [5.41, 5.74) is 0.788. The fraction of sp³-hybridized carbons (Fsp3) is 0.308. The Hall–Kier alpha value is -2.37. The summed E-state index contributed by atoms with van der Waals surface area (Å²) in [4.78, 5) is 33.1. The predicted molar refractivity (Wildman–Crippen MR) is 66.5 cm³/mol. The largest absolute Gasteiger partial charge is 0.480 e. The molecule has 1 atom stereocenters. The lowest BCUT2D eigenvalue weighted by atomic mass is 10.1. The summed E-state index contributed by atoms with van der Waals surface area (Å²) in [5, 5.41) is 11.0. The van der Waals surface area contributed by atoms with Gasteiger partial charge in [0.1, 0.15) is 18.4 Å². The molecule has 0 aromatic heterocycles. The van der Waals surface area contributed by atoms with Gasteiger partial charge in [0.2, 0.25) is 0 Å². The lowest BCUT2D eigenvalue weighted by Gasteiger charge is -2.13. The maximum Gasteiger partial charge on any atom is 0.408 e. The van der Waals surface area contributed by atoms with Gasteiger partial charge in [-0.2, -0.15) is 0 Å². The number of Topliss-reactive ketones (excluding diaryl/α,β-unsaturated/α-hetero) is 1. The number of ether oxygens (including phenoxy) is 1. The molecule has 0 aliphatic rings. The second-order valence-corrected chi connectivity index (χ2v) is 4.00. The van der Waals surface area contributed by atoms with Crippen molar-refractivity contribution in [3.8, 4) is 0 Å². The van der Waals surface area contributed by atoms with Gasteiger partial charge in [0.15, 0.2) is 0 Å². The zero-order valence-corrected chi connectivity index (χ0v) is 10.5. The zero-order valence-electron chi connectivity index (χ0n) is 10.5. The number of ketones is 1. The van der Waals surface area contributed by atoms with Crippen LogP contribution in [-0.2, 0) is 20.9 Å². The van der Waals surface area contributed by atoms with Crippen LogP contribution in [0.4, 0.5) is 4.79 Å². The van der Waals surface area contributed by atoms with E-state index in [1.807, 2.05) is 6.07 Å². The highest BCUT2D eigenvalue weighted by molar-refractivity contribution is 5.86. The smallest absolute Gasteiger partial charge is 0.408 e. The van der Waals surface area contributed by atoms with E-state index in [1.54, 1.807) is 24.3 Å². The Balaban J connectivity index is 2.45. The molecule has 0 saturated carbocycles. The molecular weight excluding hydrogens is 250 g/mol. The molecule has 0 aliphatic heterocycles. The number of carboxylic acids is 1. The standard InChI is InChI=1S/C13H15NO5/c1-9(15)7-11(12(16)17)14-13(18)19-8-10-5-3-2-4-6-10/h2-6,11H,7-8H2,1H3,(H,14,18)(H,16,17)/t11-/m0/s1. The molecule has 2 N–H and O–H groups in total. The van der Waals surface area contributed by atoms with Crippen molar-refractivity contribution in [1.82, 2.24) is 5.32 Å². The van der Waals surface area contributed by atoms with Crippen molar-refractivity contribution >= 4 is 17.8 Å². The number of carboxylic acid groups (broad SMARTS) is 1. The molecule has 0 bridgehead atoms. The third-order valence-electron chi connectivity index (χ3n) is 2.29. The van der Waals surface area contributed by atoms with Crippen LogP contribution in [0.5, 0.6) is 0 Å². The summed E-state index contributed by atoms with van der Waals surface area (Å²) >= 11 is 0. The molecule has 0 unspecified atom stereocenters. The summed E-state index contributed by atoms with van der Waals surface area (Å²) in [6.45, 7) is 1.30. The van der Waals surface area contributed by atoms with Crippen LogP contribution < -0.4 is 5.32 Å². The molecule has 0 saturated heterocycles. The summed E-state index contributed by atoms with van der Waals surface area (Å²) in [7, 11) is 0. The van der Waals surface area contributed by atoms with Crippen LogP contribution in [-0.4, -0.2) is 29.0 Å². The summed E-state index contributed by atoms with van der Waals surface area (Å²) in [5.74, 6) is -1.59. The Morgan fingerprint density at radius 3 is 2.42 bits per heavy atom. The van der Waals surface area contributed by atoms with E-state index in [0.717, 1.165) is 5.56 Å². The molecule has 0 aliphatic carbocycles. The number of carbonyl (C=O) groups excluding carboxylic acids is 2. The number of rotatable bonds is 6. The van der Waals surface area contributed by atoms with E-state index in [-0.39, 0.29) is 18.8 Å². The van der Waals surface area contributed by atoms with E-state index in [9.17, 15) is 14.4 Å². The molecule has 0 spiro atoms. The lowest BCUT2D eigenvalue weighted by molar-refractivity contribution is -0.141. The Labute approximate surface area is 110 Å². The minimum Gasteiger partial charge on any atom is -0.480 e. The Morgan fingerprint density at radius 1 is 1.26 bits per heavy atom. The van der Waals surface area contributed by atoms with Gasteiger partial charge in [0.05, 0.1) is 0 Å². The van der Waals surface area contributed by atoms with E-state index >= 15 is 0 Å². The molecule has 19 heavy (non-hydrogen) atoms. The van der Waals surface area contributed by atoms with Gasteiger partial charge in [0.25, 0.3) is 0 Å². The highest BCUT2D eigenvalue weighted by Gasteiger charge is 2.22. The molecule has 6 nitrogen and oxygen atoms in total. The van der Waals surface area contributed by atoms with Gasteiger partial charge in [-0.25, -0.2) is 9.59 Å². The molecule has 102 valence electrons. The van der Waals surface area contributed by atoms with Crippen molar-refractivity contribution in [2.24, 2.45) is 0 Å². The van der Waals surface area contributed by atoms with E-state index < -0.39 is 18.1 Å². The Bertz CT molecular complexity index is 457. The molecule has 1 aromatic carbocycles. The highest BCUT2D eigenvalue weighted by atomic mass is 16.5. The van der Waals surface area contributed by atoms with Crippen molar-refractivity contribution in [3.05, 3.63) is 35.9 Å². The first-order valence-corrected chi connectivity index (χ1v) is 5.68. The maximum absolute atomic E-state index is 11.4. The van der Waals surface area contributed by atoms with E-state index in [1.165, 1.54) is 6.92 Å². The van der Waals surface area contributed by atoms with Crippen molar-refractivity contribution in [1.29, 1.82) is 0 Å². The third-order valence-corrected chi connectivity index (χ3v) is 2.29. The van der Waals surface area contributed by atoms with Crippen molar-refractivity contribution in [2.45, 2.75) is 26.0 Å². The molecule has 1 amide bonds. The molecule has 0 heterocycles. The quantitative estimate of drug-likeness (QED) is 0.809. The van der Waals surface area contributed by atoms with Crippen molar-refractivity contribution in [3.63, 3.8) is 0 Å². The van der Waals surface area contributed by atoms with Gasteiger partial charge in [-0.1, -0.05) is 30.3 Å². The molecule has 1 aromatic rings. The first kappa shape index (κ1) is 14.7. The normalized spacial score (nSPS) is 11.4. The monoisotopic (exact) mass is 265 g/mol. The van der Waals surface area contributed by atoms with E-state index in [2.05, 4.69) is 5.32 Å². The SMILES string of the molecule is CC(=O)C[C@H](NC(=O)OCc1ccccc1)C(=O)O. The zero-order chi connectivity index (χ0) is 14.3. The predicted octanol–water partition coefficient (Wildman–Crippen LogP) is 1.35. The van der Waals surface area contributed by atoms with Gasteiger partial charge in [-0.3, -0.25) is 4.79 Å². The fourth-order valence-corrected chi connectivity index (χ4v) is 1.39. The Kier molecular flexibility index (Phi) is 5.53. The van der Waals surface area contributed by atoms with Crippen LogP contribution in [0, 0.1) is 0 Å². The number of benzene rings is 1. The fourth-order valence-electron chi connectivity index (χ4n) is 1.39. The first-order chi connectivity index (χ1) is 8.99. The van der Waals surface area contributed by atoms with Gasteiger partial charge in [-0.15, -0.1) is 0 Å². The van der Waals surface area contributed by atoms with Crippen LogP contribution in [0.25, 0.3) is 0 Å². The topological polar surface area (TPSA) is 92.7 Å². The molecular formula is C13H15NO5. The van der Waals surface area contributed by atoms with Crippen LogP contribution in [0.2, 0.25) is 0 Å². The van der Waals surface area contributed by atoms with Gasteiger partial charge in [0, 0.05) is 6.42 Å². The highest BCUT2D eigenvalue weighted by Crippen LogP contribution is 2.01. The lowest BCUT2D eigenvalue weighted by Crippen LogP contribution is -2.42. The number of hydrogen-bond donors (Lipinski definition) is 2. The number of nitrogens with one attached hydrogen (secondary N) is 1. The Morgan fingerprint density at radius 2 is 1.89 bits per heavy atom. The number of amides is 1. The summed E-state index contributed by atoms with van der Waals surface area (Å²) in [6, 6.07) is 7.71. The van der Waals surface area contributed by atoms with Gasteiger partial charge < -0.3 is 15.2 Å². The van der Waals surface area contributed by atoms with E-state index in [4.69, 9.17) is 9.84 Å². The van der Waals surface area contributed by atoms with Crippen LogP contribution >= 0.6 is 0 Å². The second-order valence-electron chi connectivity index (χ2n) is 4.00. The summed E-state index contributed by atoms with van der Waals surface area (Å²) < 4.78 is 4.87. The molecule has 1 rings (SSSR count). The first-order valence-electron chi connectivity index (χ1n) is 5.68. The third kappa shape index (κ3) is 5.67. The number of hydrogen-bond acceptors (Lipinski definition) is 4. The van der Waals surface area contributed by atoms with Crippen LogP contribution in [0.15, 0.2) is 30.3 Å². The van der Waals surface area contributed by atoms with Crippen LogP contribution in [0.3, 0.4) is 0 Å². The van der Waals surface area contributed by atoms with Gasteiger partial charge >= 0.3 is 12.1 Å². The minimum atomic E-state index is -1.27. The summed E-state index contributed by atoms with van der Waals surface area (Å²) in [6.07, 6.45) is -1.13. The van der Waals surface area contributed by atoms with E-state index in [0.29, 0.717) is 0 Å². The maximum atomic E-state index is 11.4. The van der Waals surface area contributed by atoms with Crippen LogP contribution in [0.1, 0.15) is 18.9 Å². The number of alkyl carbamates (subject to hydrolysis) is 1. The second kappa shape index (κ2) is 7.15. The average Bonchev–Trinajstić information content (AvgIpc) is 2.36. The molecule has 6 heteroatoms. The minimum absolute atomic E-state index is 0.0408.